The molecule has 1 aromatic heterocycles. The standard InChI is InChI=1S/C20H32N4O3S/c1-18(2,3)27-17(25)24-11-7-20(8-12-24)13-14-15(22-10-9-21-14)16(20)23-28(26)19(4,5)6/h9-10,16,23H,7-8,11-13H2,1-6H3/t16-,28?/m1/s1. The van der Waals surface area contributed by atoms with Crippen LogP contribution in [0.25, 0.3) is 0 Å². The number of carbonyl (C=O) groups excluding carboxylic acids is 1. The van der Waals surface area contributed by atoms with Crippen LogP contribution in [0.1, 0.15) is 71.8 Å². The highest BCUT2D eigenvalue weighted by Crippen LogP contribution is 2.51. The second-order valence-corrected chi connectivity index (χ2v) is 11.8. The SMILES string of the molecule is CC(C)(C)OC(=O)N1CCC2(CC1)Cc1nccnc1[C@H]2N[S+]([O-])C(C)(C)C. The first-order valence-electron chi connectivity index (χ1n) is 9.87. The Hall–Kier alpha value is -1.38. The average molecular weight is 409 g/mol. The molecule has 2 atom stereocenters. The Morgan fingerprint density at radius 1 is 1.21 bits per heavy atom. The summed E-state index contributed by atoms with van der Waals surface area (Å²) in [7, 11) is 0. The van der Waals surface area contributed by atoms with E-state index in [9.17, 15) is 9.35 Å². The minimum Gasteiger partial charge on any atom is -0.598 e. The fraction of sp³-hybridized carbons (Fsp3) is 0.750. The largest absolute Gasteiger partial charge is 0.598 e. The van der Waals surface area contributed by atoms with Gasteiger partial charge in [-0.15, -0.1) is 4.72 Å². The fourth-order valence-corrected chi connectivity index (χ4v) is 4.80. The monoisotopic (exact) mass is 408 g/mol. The molecule has 1 spiro atoms. The van der Waals surface area contributed by atoms with Gasteiger partial charge in [-0.25, -0.2) is 4.79 Å². The second kappa shape index (κ2) is 7.46. The molecule has 156 valence electrons. The molecule has 28 heavy (non-hydrogen) atoms. The fourth-order valence-electron chi connectivity index (χ4n) is 3.87. The highest BCUT2D eigenvalue weighted by Gasteiger charge is 2.52. The maximum atomic E-state index is 12.9. The minimum atomic E-state index is -1.22. The summed E-state index contributed by atoms with van der Waals surface area (Å²) in [5.74, 6) is 0. The van der Waals surface area contributed by atoms with Crippen molar-refractivity contribution in [1.29, 1.82) is 0 Å². The third-order valence-corrected chi connectivity index (χ3v) is 6.97. The van der Waals surface area contributed by atoms with E-state index in [1.807, 2.05) is 41.5 Å². The van der Waals surface area contributed by atoms with Crippen molar-refractivity contribution < 1.29 is 14.1 Å². The van der Waals surface area contributed by atoms with Gasteiger partial charge in [0.05, 0.1) is 11.4 Å². The lowest BCUT2D eigenvalue weighted by atomic mass is 9.73. The molecule has 0 saturated carbocycles. The average Bonchev–Trinajstić information content (AvgIpc) is 2.86. The Kier molecular flexibility index (Phi) is 5.68. The summed E-state index contributed by atoms with van der Waals surface area (Å²) < 4.78 is 21.4. The number of nitrogens with zero attached hydrogens (tertiary/aromatic N) is 3. The van der Waals surface area contributed by atoms with E-state index in [4.69, 9.17) is 4.74 Å². The quantitative estimate of drug-likeness (QED) is 0.756. The molecule has 8 heteroatoms. The van der Waals surface area contributed by atoms with Crippen molar-refractivity contribution >= 4 is 17.5 Å². The Morgan fingerprint density at radius 2 is 1.82 bits per heavy atom. The molecule has 1 amide bonds. The summed E-state index contributed by atoms with van der Waals surface area (Å²) in [5, 5.41) is 0. The highest BCUT2D eigenvalue weighted by molar-refractivity contribution is 7.90. The van der Waals surface area contributed by atoms with E-state index < -0.39 is 17.0 Å². The molecule has 1 aromatic rings. The van der Waals surface area contributed by atoms with Crippen LogP contribution in [0.15, 0.2) is 12.4 Å². The molecule has 1 aliphatic carbocycles. The van der Waals surface area contributed by atoms with Crippen LogP contribution in [-0.4, -0.2) is 49.0 Å². The van der Waals surface area contributed by atoms with Crippen LogP contribution in [-0.2, 0) is 22.5 Å². The van der Waals surface area contributed by atoms with Gasteiger partial charge in [0.1, 0.15) is 16.4 Å². The zero-order valence-corrected chi connectivity index (χ0v) is 18.6. The van der Waals surface area contributed by atoms with Gasteiger partial charge in [0.25, 0.3) is 0 Å². The first-order valence-corrected chi connectivity index (χ1v) is 11.0. The number of amides is 1. The van der Waals surface area contributed by atoms with Crippen molar-refractivity contribution in [2.45, 2.75) is 77.2 Å². The summed E-state index contributed by atoms with van der Waals surface area (Å²) in [4.78, 5) is 23.3. The lowest BCUT2D eigenvalue weighted by molar-refractivity contribution is 0.00700. The maximum absolute atomic E-state index is 12.9. The summed E-state index contributed by atoms with van der Waals surface area (Å²) in [6.45, 7) is 12.7. The normalized spacial score (nSPS) is 22.8. The van der Waals surface area contributed by atoms with E-state index in [-0.39, 0.29) is 22.3 Å². The molecule has 7 nitrogen and oxygen atoms in total. The number of carbonyl (C=O) groups is 1. The predicted octanol–water partition coefficient (Wildman–Crippen LogP) is 3.14. The van der Waals surface area contributed by atoms with Gasteiger partial charge in [-0.05, 0) is 60.8 Å². The van der Waals surface area contributed by atoms with Gasteiger partial charge in [0.2, 0.25) is 0 Å². The lowest BCUT2D eigenvalue weighted by Gasteiger charge is -2.43. The Morgan fingerprint density at radius 3 is 2.39 bits per heavy atom. The van der Waals surface area contributed by atoms with Crippen LogP contribution >= 0.6 is 0 Å². The van der Waals surface area contributed by atoms with Crippen molar-refractivity contribution in [3.8, 4) is 0 Å². The second-order valence-electron chi connectivity index (χ2n) is 9.83. The van der Waals surface area contributed by atoms with Gasteiger partial charge in [-0.1, -0.05) is 0 Å². The molecule has 1 unspecified atom stereocenters. The lowest BCUT2D eigenvalue weighted by Crippen LogP contribution is -2.51. The van der Waals surface area contributed by atoms with Gasteiger partial charge >= 0.3 is 6.09 Å². The van der Waals surface area contributed by atoms with Crippen LogP contribution in [0.3, 0.4) is 0 Å². The van der Waals surface area contributed by atoms with E-state index in [0.29, 0.717) is 13.1 Å². The topological polar surface area (TPSA) is 90.4 Å². The zero-order valence-electron chi connectivity index (χ0n) is 17.7. The number of hydrogen-bond acceptors (Lipinski definition) is 6. The molecule has 1 N–H and O–H groups in total. The van der Waals surface area contributed by atoms with E-state index in [2.05, 4.69) is 14.7 Å². The van der Waals surface area contributed by atoms with Crippen molar-refractivity contribution in [1.82, 2.24) is 19.6 Å². The number of hydrogen-bond donors (Lipinski definition) is 1. The van der Waals surface area contributed by atoms with Crippen LogP contribution in [0.4, 0.5) is 4.79 Å². The molecular weight excluding hydrogens is 376 g/mol. The van der Waals surface area contributed by atoms with E-state index in [1.165, 1.54) is 0 Å². The van der Waals surface area contributed by atoms with Crippen LogP contribution in [0, 0.1) is 5.41 Å². The van der Waals surface area contributed by atoms with Crippen molar-refractivity contribution in [3.05, 3.63) is 23.8 Å². The summed E-state index contributed by atoms with van der Waals surface area (Å²) >= 11 is -1.22. The minimum absolute atomic E-state index is 0.128. The maximum Gasteiger partial charge on any atom is 0.410 e. The summed E-state index contributed by atoms with van der Waals surface area (Å²) in [6, 6.07) is -0.128. The number of aromatic nitrogens is 2. The molecule has 3 rings (SSSR count). The summed E-state index contributed by atoms with van der Waals surface area (Å²) in [5.41, 5.74) is 1.22. The molecule has 2 heterocycles. The van der Waals surface area contributed by atoms with Gasteiger partial charge in [-0.3, -0.25) is 9.97 Å². The number of rotatable bonds is 2. The number of ether oxygens (including phenoxy) is 1. The molecule has 0 aromatic carbocycles. The Bertz CT molecular complexity index is 721. The molecule has 0 radical (unpaired) electrons. The Labute approximate surface area is 171 Å². The van der Waals surface area contributed by atoms with Crippen molar-refractivity contribution in [2.24, 2.45) is 5.41 Å². The zero-order chi connectivity index (χ0) is 20.7. The molecule has 1 saturated heterocycles. The predicted molar refractivity (Wildman–Crippen MR) is 109 cm³/mol. The van der Waals surface area contributed by atoms with Crippen LogP contribution < -0.4 is 4.72 Å². The third-order valence-electron chi connectivity index (χ3n) is 5.40. The van der Waals surface area contributed by atoms with E-state index in [1.54, 1.807) is 17.3 Å². The third kappa shape index (κ3) is 4.44. The number of piperidine rings is 1. The van der Waals surface area contributed by atoms with Gasteiger partial charge in [0.15, 0.2) is 0 Å². The highest BCUT2D eigenvalue weighted by atomic mass is 32.2. The molecule has 0 bridgehead atoms. The van der Waals surface area contributed by atoms with Crippen LogP contribution in [0.2, 0.25) is 0 Å². The summed E-state index contributed by atoms with van der Waals surface area (Å²) in [6.07, 6.45) is 5.52. The first kappa shape index (κ1) is 21.3. The van der Waals surface area contributed by atoms with Gasteiger partial charge in [-0.2, -0.15) is 0 Å². The van der Waals surface area contributed by atoms with E-state index in [0.717, 1.165) is 30.7 Å². The molecule has 1 fully saturated rings. The number of likely N-dealkylation sites (tertiary alicyclic amines) is 1. The number of nitrogens with one attached hydrogen (secondary N) is 1. The first-order chi connectivity index (χ1) is 12.9. The van der Waals surface area contributed by atoms with Crippen LogP contribution in [0.5, 0.6) is 0 Å². The van der Waals surface area contributed by atoms with Crippen molar-refractivity contribution in [3.63, 3.8) is 0 Å². The van der Waals surface area contributed by atoms with E-state index >= 15 is 0 Å². The Balaban J connectivity index is 1.78. The smallest absolute Gasteiger partial charge is 0.410 e. The van der Waals surface area contributed by atoms with Crippen molar-refractivity contribution in [2.75, 3.05) is 13.1 Å². The molecule has 2 aliphatic rings. The molecule has 1 aliphatic heterocycles. The van der Waals surface area contributed by atoms with Gasteiger partial charge in [0, 0.05) is 42.3 Å². The molecular formula is C20H32N4O3S. The van der Waals surface area contributed by atoms with Gasteiger partial charge < -0.3 is 14.2 Å². The number of fused-ring (bicyclic) bond motifs is 1.